The molecule has 1 fully saturated rings. The highest BCUT2D eigenvalue weighted by atomic mass is 35.5. The Morgan fingerprint density at radius 3 is 3.05 bits per heavy atom. The van der Waals surface area contributed by atoms with E-state index < -0.39 is 0 Å². The SMILES string of the molecule is CN(N)/C=C(\N)[C@@H]1CC2(CCCc3cc(Cl)ccc32)CCN1. The number of halogens is 1. The van der Waals surface area contributed by atoms with Crippen molar-refractivity contribution in [2.75, 3.05) is 13.6 Å². The zero-order chi connectivity index (χ0) is 15.7. The zero-order valence-corrected chi connectivity index (χ0v) is 13.9. The van der Waals surface area contributed by atoms with E-state index in [0.29, 0.717) is 0 Å². The molecule has 5 N–H and O–H groups in total. The van der Waals surface area contributed by atoms with Crippen molar-refractivity contribution in [3.8, 4) is 0 Å². The average Bonchev–Trinajstić information content (AvgIpc) is 2.46. The number of rotatable bonds is 2. The lowest BCUT2D eigenvalue weighted by Crippen LogP contribution is -2.50. The number of nitrogens with two attached hydrogens (primary N) is 2. The van der Waals surface area contributed by atoms with Crippen molar-refractivity contribution < 1.29 is 0 Å². The van der Waals surface area contributed by atoms with Crippen molar-refractivity contribution in [3.05, 3.63) is 46.2 Å². The molecule has 2 atom stereocenters. The predicted octanol–water partition coefficient (Wildman–Crippen LogP) is 2.27. The fraction of sp³-hybridized carbons (Fsp3) is 0.529. The molecule has 120 valence electrons. The van der Waals surface area contributed by atoms with Gasteiger partial charge in [-0.25, -0.2) is 5.84 Å². The van der Waals surface area contributed by atoms with Crippen LogP contribution in [0.4, 0.5) is 0 Å². The van der Waals surface area contributed by atoms with E-state index >= 15 is 0 Å². The first kappa shape index (κ1) is 15.7. The van der Waals surface area contributed by atoms with Crippen LogP contribution in [0.25, 0.3) is 0 Å². The Kier molecular flexibility index (Phi) is 4.35. The van der Waals surface area contributed by atoms with Gasteiger partial charge in [0, 0.05) is 30.0 Å². The van der Waals surface area contributed by atoms with Gasteiger partial charge < -0.3 is 16.1 Å². The molecule has 1 spiro atoms. The van der Waals surface area contributed by atoms with Gasteiger partial charge in [-0.3, -0.25) is 0 Å². The van der Waals surface area contributed by atoms with Crippen LogP contribution in [0, 0.1) is 0 Å². The maximum atomic E-state index is 6.24. The van der Waals surface area contributed by atoms with Crippen LogP contribution in [0.15, 0.2) is 30.1 Å². The smallest absolute Gasteiger partial charge is 0.0491 e. The summed E-state index contributed by atoms with van der Waals surface area (Å²) in [5.41, 5.74) is 10.2. The van der Waals surface area contributed by atoms with Crippen molar-refractivity contribution >= 4 is 11.6 Å². The Hall–Kier alpha value is -1.23. The number of nitrogens with one attached hydrogen (secondary N) is 1. The number of hydrazine groups is 1. The van der Waals surface area contributed by atoms with Gasteiger partial charge in [-0.1, -0.05) is 17.7 Å². The monoisotopic (exact) mass is 320 g/mol. The first-order valence-electron chi connectivity index (χ1n) is 7.97. The Morgan fingerprint density at radius 2 is 2.27 bits per heavy atom. The molecule has 1 saturated heterocycles. The third kappa shape index (κ3) is 2.96. The first-order chi connectivity index (χ1) is 10.5. The predicted molar refractivity (Wildman–Crippen MR) is 91.3 cm³/mol. The summed E-state index contributed by atoms with van der Waals surface area (Å²) in [4.78, 5) is 0. The molecule has 3 rings (SSSR count). The van der Waals surface area contributed by atoms with Crippen LogP contribution in [0.1, 0.15) is 36.8 Å². The summed E-state index contributed by atoms with van der Waals surface area (Å²) < 4.78 is 0. The van der Waals surface area contributed by atoms with E-state index in [2.05, 4.69) is 17.4 Å². The Bertz CT molecular complexity index is 584. The number of fused-ring (bicyclic) bond motifs is 2. The third-order valence-corrected chi connectivity index (χ3v) is 5.32. The van der Waals surface area contributed by atoms with Crippen LogP contribution in [0.3, 0.4) is 0 Å². The van der Waals surface area contributed by atoms with E-state index in [1.165, 1.54) is 29.0 Å². The molecule has 1 aliphatic heterocycles. The first-order valence-corrected chi connectivity index (χ1v) is 8.35. The molecule has 5 heteroatoms. The second kappa shape index (κ2) is 6.11. The molecule has 0 bridgehead atoms. The summed E-state index contributed by atoms with van der Waals surface area (Å²) >= 11 is 6.18. The second-order valence-electron chi connectivity index (χ2n) is 6.69. The topological polar surface area (TPSA) is 67.3 Å². The third-order valence-electron chi connectivity index (χ3n) is 5.08. The van der Waals surface area contributed by atoms with Gasteiger partial charge >= 0.3 is 0 Å². The van der Waals surface area contributed by atoms with Crippen LogP contribution in [0.5, 0.6) is 0 Å². The summed E-state index contributed by atoms with van der Waals surface area (Å²) in [6.07, 6.45) is 7.57. The van der Waals surface area contributed by atoms with E-state index in [-0.39, 0.29) is 11.5 Å². The lowest BCUT2D eigenvalue weighted by molar-refractivity contribution is 0.235. The molecule has 1 unspecified atom stereocenters. The van der Waals surface area contributed by atoms with Crippen LogP contribution in [-0.2, 0) is 11.8 Å². The zero-order valence-electron chi connectivity index (χ0n) is 13.1. The normalized spacial score (nSPS) is 28.5. The van der Waals surface area contributed by atoms with Gasteiger partial charge in [0.25, 0.3) is 0 Å². The van der Waals surface area contributed by atoms with Gasteiger partial charge in [-0.15, -0.1) is 0 Å². The van der Waals surface area contributed by atoms with Crippen molar-refractivity contribution in [3.63, 3.8) is 0 Å². The van der Waals surface area contributed by atoms with E-state index in [9.17, 15) is 0 Å². The van der Waals surface area contributed by atoms with Crippen LogP contribution in [0.2, 0.25) is 5.02 Å². The quantitative estimate of drug-likeness (QED) is 0.577. The van der Waals surface area contributed by atoms with E-state index in [0.717, 1.165) is 36.5 Å². The molecule has 0 aromatic heterocycles. The fourth-order valence-electron chi connectivity index (χ4n) is 4.12. The molecule has 0 amide bonds. The van der Waals surface area contributed by atoms with Crippen molar-refractivity contribution in [2.45, 2.75) is 43.6 Å². The molecule has 1 heterocycles. The van der Waals surface area contributed by atoms with Crippen molar-refractivity contribution in [2.24, 2.45) is 11.6 Å². The molecular formula is C17H25ClN4. The van der Waals surface area contributed by atoms with Gasteiger partial charge in [0.15, 0.2) is 0 Å². The number of piperidine rings is 1. The van der Waals surface area contributed by atoms with E-state index in [1.54, 1.807) is 7.05 Å². The summed E-state index contributed by atoms with van der Waals surface area (Å²) in [6.45, 7) is 0.982. The standard InChI is InChI=1S/C17H25ClN4/c1-22(20)11-15(19)16-10-17(7-8-21-16)6-2-3-12-9-13(18)4-5-14(12)17/h4-5,9,11,16,21H,2-3,6-8,10,19-20H2,1H3/b15-11-/t16-,17?/m0/s1. The molecule has 2 aliphatic rings. The molecule has 22 heavy (non-hydrogen) atoms. The lowest BCUT2D eigenvalue weighted by atomic mass is 9.63. The van der Waals surface area contributed by atoms with Crippen LogP contribution >= 0.6 is 11.6 Å². The highest BCUT2D eigenvalue weighted by molar-refractivity contribution is 6.30. The maximum absolute atomic E-state index is 6.24. The summed E-state index contributed by atoms with van der Waals surface area (Å²) in [5, 5.41) is 5.90. The summed E-state index contributed by atoms with van der Waals surface area (Å²) in [6, 6.07) is 6.58. The van der Waals surface area contributed by atoms with Crippen LogP contribution < -0.4 is 16.9 Å². The number of nitrogens with zero attached hydrogens (tertiary/aromatic N) is 1. The van der Waals surface area contributed by atoms with Gasteiger partial charge in [0.2, 0.25) is 0 Å². The van der Waals surface area contributed by atoms with Gasteiger partial charge in [-0.05, 0) is 67.3 Å². The molecule has 1 aliphatic carbocycles. The van der Waals surface area contributed by atoms with Gasteiger partial charge in [0.05, 0.1) is 0 Å². The average molecular weight is 321 g/mol. The van der Waals surface area contributed by atoms with Gasteiger partial charge in [0.1, 0.15) is 0 Å². The largest absolute Gasteiger partial charge is 0.400 e. The maximum Gasteiger partial charge on any atom is 0.0491 e. The molecule has 0 saturated carbocycles. The Balaban J connectivity index is 1.91. The summed E-state index contributed by atoms with van der Waals surface area (Å²) in [7, 11) is 1.80. The van der Waals surface area contributed by atoms with Crippen LogP contribution in [-0.4, -0.2) is 24.6 Å². The van der Waals surface area contributed by atoms with Crippen molar-refractivity contribution in [1.82, 2.24) is 10.3 Å². The molecule has 1 aromatic rings. The highest BCUT2D eigenvalue weighted by Gasteiger charge is 2.41. The van der Waals surface area contributed by atoms with Gasteiger partial charge in [-0.2, -0.15) is 0 Å². The Morgan fingerprint density at radius 1 is 1.45 bits per heavy atom. The molecule has 4 nitrogen and oxygen atoms in total. The highest BCUT2D eigenvalue weighted by Crippen LogP contribution is 2.45. The summed E-state index contributed by atoms with van der Waals surface area (Å²) in [5.74, 6) is 5.70. The minimum absolute atomic E-state index is 0.182. The minimum atomic E-state index is 0.182. The van der Waals surface area contributed by atoms with Crippen molar-refractivity contribution in [1.29, 1.82) is 0 Å². The van der Waals surface area contributed by atoms with E-state index in [4.69, 9.17) is 23.2 Å². The Labute approximate surface area is 137 Å². The number of aryl methyl sites for hydroxylation is 1. The fourth-order valence-corrected chi connectivity index (χ4v) is 4.32. The number of hydrogen-bond donors (Lipinski definition) is 3. The number of hydrogen-bond acceptors (Lipinski definition) is 4. The molecular weight excluding hydrogens is 296 g/mol. The number of benzene rings is 1. The minimum Gasteiger partial charge on any atom is -0.400 e. The molecule has 0 radical (unpaired) electrons. The van der Waals surface area contributed by atoms with E-state index in [1.807, 2.05) is 12.3 Å². The lowest BCUT2D eigenvalue weighted by Gasteiger charge is -2.45. The molecule has 1 aromatic carbocycles. The second-order valence-corrected chi connectivity index (χ2v) is 7.13.